The molecule has 1 aromatic carbocycles. The first-order valence-corrected chi connectivity index (χ1v) is 7.71. The Morgan fingerprint density at radius 3 is 2.40 bits per heavy atom. The van der Waals surface area contributed by atoms with Crippen molar-refractivity contribution in [1.82, 2.24) is 9.21 Å². The first kappa shape index (κ1) is 16.9. The van der Waals surface area contributed by atoms with Gasteiger partial charge in [0.2, 0.25) is 15.9 Å². The Balaban J connectivity index is 3.17. The molecule has 0 unspecified atom stereocenters. The van der Waals surface area contributed by atoms with Crippen LogP contribution in [0, 0.1) is 5.82 Å². The van der Waals surface area contributed by atoms with E-state index < -0.39 is 26.6 Å². The summed E-state index contributed by atoms with van der Waals surface area (Å²) in [6, 6.07) is 2.00. The van der Waals surface area contributed by atoms with E-state index in [9.17, 15) is 17.6 Å². The third-order valence-electron chi connectivity index (χ3n) is 2.60. The zero-order chi connectivity index (χ0) is 15.7. The lowest BCUT2D eigenvalue weighted by molar-refractivity contribution is -0.128. The summed E-state index contributed by atoms with van der Waals surface area (Å²) >= 11 is 3.01. The van der Waals surface area contributed by atoms with Crippen LogP contribution in [0.5, 0.6) is 0 Å². The highest BCUT2D eigenvalue weighted by molar-refractivity contribution is 9.10. The van der Waals surface area contributed by atoms with Gasteiger partial charge >= 0.3 is 0 Å². The largest absolute Gasteiger partial charge is 0.398 e. The number of rotatable bonds is 4. The number of halogens is 2. The zero-order valence-corrected chi connectivity index (χ0v) is 13.6. The van der Waals surface area contributed by atoms with Crippen LogP contribution in [-0.2, 0) is 14.8 Å². The number of carbonyl (C=O) groups is 1. The number of likely N-dealkylation sites (N-methyl/N-ethyl adjacent to an activating group) is 2. The van der Waals surface area contributed by atoms with Crippen molar-refractivity contribution in [3.8, 4) is 0 Å². The Bertz CT molecular complexity index is 634. The highest BCUT2D eigenvalue weighted by atomic mass is 79.9. The molecule has 20 heavy (non-hydrogen) atoms. The maximum Gasteiger partial charge on any atom is 0.246 e. The number of carbonyl (C=O) groups excluding carboxylic acids is 1. The molecule has 1 aromatic rings. The summed E-state index contributed by atoms with van der Waals surface area (Å²) in [5.41, 5.74) is 5.66. The predicted octanol–water partition coefficient (Wildman–Crippen LogP) is 0.879. The van der Waals surface area contributed by atoms with Crippen molar-refractivity contribution in [3.05, 3.63) is 22.4 Å². The average Bonchev–Trinajstić information content (AvgIpc) is 2.33. The summed E-state index contributed by atoms with van der Waals surface area (Å²) in [6.45, 7) is -0.384. The maximum absolute atomic E-state index is 13.8. The van der Waals surface area contributed by atoms with Crippen LogP contribution in [0.2, 0.25) is 0 Å². The molecule has 2 N–H and O–H groups in total. The van der Waals surface area contributed by atoms with Gasteiger partial charge in [-0.25, -0.2) is 12.8 Å². The zero-order valence-electron chi connectivity index (χ0n) is 11.2. The van der Waals surface area contributed by atoms with Crippen LogP contribution >= 0.6 is 15.9 Å². The van der Waals surface area contributed by atoms with Gasteiger partial charge in [0.15, 0.2) is 0 Å². The number of nitrogen functional groups attached to an aromatic ring is 1. The van der Waals surface area contributed by atoms with E-state index in [1.807, 2.05) is 0 Å². The first-order chi connectivity index (χ1) is 9.07. The van der Waals surface area contributed by atoms with Gasteiger partial charge in [0.1, 0.15) is 10.7 Å². The van der Waals surface area contributed by atoms with Crippen molar-refractivity contribution in [2.45, 2.75) is 4.90 Å². The fourth-order valence-corrected chi connectivity index (χ4v) is 2.84. The normalized spacial score (nSPS) is 11.7. The molecule has 0 aliphatic rings. The van der Waals surface area contributed by atoms with E-state index in [1.165, 1.54) is 26.0 Å². The molecule has 0 aliphatic heterocycles. The van der Waals surface area contributed by atoms with Crippen LogP contribution in [0.25, 0.3) is 0 Å². The van der Waals surface area contributed by atoms with Gasteiger partial charge in [-0.1, -0.05) is 0 Å². The fraction of sp³-hybridized carbons (Fsp3) is 0.364. The lowest BCUT2D eigenvalue weighted by Gasteiger charge is -2.19. The topological polar surface area (TPSA) is 83.7 Å². The van der Waals surface area contributed by atoms with E-state index in [2.05, 4.69) is 15.9 Å². The van der Waals surface area contributed by atoms with E-state index in [1.54, 1.807) is 0 Å². The standard InChI is InChI=1S/C11H15BrFN3O3S/c1-15(2)11(17)6-16(3)20(18,19)10-5-9(14)7(12)4-8(10)13/h4-5H,6,14H2,1-3H3. The number of hydrogen-bond donors (Lipinski definition) is 1. The number of hydrogen-bond acceptors (Lipinski definition) is 4. The molecule has 0 radical (unpaired) electrons. The second-order valence-electron chi connectivity index (χ2n) is 4.35. The Hall–Kier alpha value is -1.19. The minimum absolute atomic E-state index is 0.0947. The highest BCUT2D eigenvalue weighted by Gasteiger charge is 2.27. The van der Waals surface area contributed by atoms with Crippen LogP contribution in [0.4, 0.5) is 10.1 Å². The van der Waals surface area contributed by atoms with Gasteiger partial charge in [-0.05, 0) is 28.1 Å². The fourth-order valence-electron chi connectivity index (χ4n) is 1.33. The lowest BCUT2D eigenvalue weighted by Crippen LogP contribution is -2.38. The smallest absolute Gasteiger partial charge is 0.246 e. The molecule has 9 heteroatoms. The molecular weight excluding hydrogens is 353 g/mol. The van der Waals surface area contributed by atoms with Crippen molar-refractivity contribution in [2.75, 3.05) is 33.4 Å². The Morgan fingerprint density at radius 2 is 1.90 bits per heavy atom. The molecule has 0 aliphatic carbocycles. The molecule has 0 aromatic heterocycles. The highest BCUT2D eigenvalue weighted by Crippen LogP contribution is 2.27. The number of nitrogens with zero attached hydrogens (tertiary/aromatic N) is 2. The monoisotopic (exact) mass is 367 g/mol. The Morgan fingerprint density at radius 1 is 1.35 bits per heavy atom. The summed E-state index contributed by atoms with van der Waals surface area (Å²) in [5, 5.41) is 0. The molecule has 1 amide bonds. The summed E-state index contributed by atoms with van der Waals surface area (Å²) in [4.78, 5) is 12.2. The summed E-state index contributed by atoms with van der Waals surface area (Å²) < 4.78 is 39.3. The molecule has 1 rings (SSSR count). The third-order valence-corrected chi connectivity index (χ3v) is 5.10. The van der Waals surface area contributed by atoms with Gasteiger partial charge < -0.3 is 10.6 Å². The number of amides is 1. The average molecular weight is 368 g/mol. The maximum atomic E-state index is 13.8. The van der Waals surface area contributed by atoms with Crippen molar-refractivity contribution in [3.63, 3.8) is 0 Å². The van der Waals surface area contributed by atoms with Crippen molar-refractivity contribution in [2.24, 2.45) is 0 Å². The number of sulfonamides is 1. The minimum Gasteiger partial charge on any atom is -0.398 e. The van der Waals surface area contributed by atoms with Crippen LogP contribution in [-0.4, -0.2) is 51.2 Å². The molecule has 0 atom stereocenters. The summed E-state index contributed by atoms with van der Waals surface area (Å²) in [6.07, 6.45) is 0. The molecular formula is C11H15BrFN3O3S. The van der Waals surface area contributed by atoms with Gasteiger partial charge in [0.25, 0.3) is 0 Å². The molecule has 0 bridgehead atoms. The van der Waals surface area contributed by atoms with Gasteiger partial charge in [-0.3, -0.25) is 4.79 Å². The van der Waals surface area contributed by atoms with E-state index in [4.69, 9.17) is 5.73 Å². The van der Waals surface area contributed by atoms with E-state index in [-0.39, 0.29) is 16.7 Å². The molecule has 0 spiro atoms. The Labute approximate surface area is 125 Å². The van der Waals surface area contributed by atoms with Crippen molar-refractivity contribution in [1.29, 1.82) is 0 Å². The molecule has 112 valence electrons. The van der Waals surface area contributed by atoms with E-state index in [0.29, 0.717) is 0 Å². The molecule has 0 fully saturated rings. The first-order valence-electron chi connectivity index (χ1n) is 5.48. The van der Waals surface area contributed by atoms with Crippen LogP contribution < -0.4 is 5.73 Å². The summed E-state index contributed by atoms with van der Waals surface area (Å²) in [5.74, 6) is -1.35. The second-order valence-corrected chi connectivity index (χ2v) is 7.22. The van der Waals surface area contributed by atoms with E-state index >= 15 is 0 Å². The van der Waals surface area contributed by atoms with Gasteiger partial charge in [-0.15, -0.1) is 0 Å². The predicted molar refractivity (Wildman–Crippen MR) is 77.0 cm³/mol. The van der Waals surface area contributed by atoms with Crippen molar-refractivity contribution < 1.29 is 17.6 Å². The van der Waals surface area contributed by atoms with Gasteiger partial charge in [0, 0.05) is 31.3 Å². The molecule has 0 heterocycles. The van der Waals surface area contributed by atoms with E-state index in [0.717, 1.165) is 16.4 Å². The van der Waals surface area contributed by atoms with Gasteiger partial charge in [0.05, 0.1) is 6.54 Å². The Kier molecular flexibility index (Phi) is 5.11. The molecule has 6 nitrogen and oxygen atoms in total. The number of anilines is 1. The van der Waals surface area contributed by atoms with Crippen LogP contribution in [0.15, 0.2) is 21.5 Å². The summed E-state index contributed by atoms with van der Waals surface area (Å²) in [7, 11) is 0.0773. The quantitative estimate of drug-likeness (QED) is 0.800. The van der Waals surface area contributed by atoms with Crippen molar-refractivity contribution >= 4 is 37.5 Å². The third kappa shape index (κ3) is 3.47. The second kappa shape index (κ2) is 6.06. The molecule has 0 saturated carbocycles. The minimum atomic E-state index is -4.13. The lowest BCUT2D eigenvalue weighted by atomic mass is 10.3. The van der Waals surface area contributed by atoms with Crippen LogP contribution in [0.3, 0.4) is 0 Å². The number of benzene rings is 1. The molecule has 0 saturated heterocycles. The van der Waals surface area contributed by atoms with Crippen LogP contribution in [0.1, 0.15) is 0 Å². The number of nitrogens with two attached hydrogens (primary N) is 1. The SMILES string of the molecule is CN(C)C(=O)CN(C)S(=O)(=O)c1cc(N)c(Br)cc1F. The van der Waals surface area contributed by atoms with Gasteiger partial charge in [-0.2, -0.15) is 4.31 Å².